The Kier molecular flexibility index (Phi) is 1.98. The quantitative estimate of drug-likeness (QED) is 0.659. The first-order chi connectivity index (χ1) is 6.21. The fourth-order valence-corrected chi connectivity index (χ4v) is 2.04. The van der Waals surface area contributed by atoms with E-state index >= 15 is 0 Å². The Morgan fingerprint density at radius 3 is 2.54 bits per heavy atom. The van der Waals surface area contributed by atoms with Crippen molar-refractivity contribution < 1.29 is 4.39 Å². The molecule has 0 saturated heterocycles. The van der Waals surface area contributed by atoms with E-state index < -0.39 is 5.67 Å². The highest BCUT2D eigenvalue weighted by Gasteiger charge is 2.35. The fourth-order valence-electron chi connectivity index (χ4n) is 2.04. The Balaban J connectivity index is 2.33. The van der Waals surface area contributed by atoms with Gasteiger partial charge in [-0.25, -0.2) is 4.39 Å². The number of nitrogen functional groups attached to an aromatic ring is 1. The van der Waals surface area contributed by atoms with Crippen LogP contribution in [0.1, 0.15) is 31.2 Å². The van der Waals surface area contributed by atoms with Crippen molar-refractivity contribution in [3.8, 4) is 0 Å². The van der Waals surface area contributed by atoms with Crippen LogP contribution in [0.15, 0.2) is 24.3 Å². The zero-order chi connectivity index (χ0) is 9.31. The molecular weight excluding hydrogens is 165 g/mol. The topological polar surface area (TPSA) is 26.0 Å². The van der Waals surface area contributed by atoms with Crippen molar-refractivity contribution in [2.75, 3.05) is 5.73 Å². The first-order valence-corrected chi connectivity index (χ1v) is 4.76. The van der Waals surface area contributed by atoms with Gasteiger partial charge in [-0.15, -0.1) is 0 Å². The molecule has 0 spiro atoms. The molecule has 0 unspecified atom stereocenters. The number of halogens is 1. The molecule has 0 bridgehead atoms. The first-order valence-electron chi connectivity index (χ1n) is 4.76. The van der Waals surface area contributed by atoms with Gasteiger partial charge < -0.3 is 5.73 Å². The van der Waals surface area contributed by atoms with Crippen LogP contribution in [0, 0.1) is 0 Å². The lowest BCUT2D eigenvalue weighted by Crippen LogP contribution is -2.14. The first kappa shape index (κ1) is 8.54. The highest BCUT2D eigenvalue weighted by molar-refractivity contribution is 5.42. The third kappa shape index (κ3) is 1.53. The van der Waals surface area contributed by atoms with Gasteiger partial charge in [0, 0.05) is 5.69 Å². The summed E-state index contributed by atoms with van der Waals surface area (Å²) in [6.45, 7) is 0. The molecule has 0 aliphatic heterocycles. The van der Waals surface area contributed by atoms with Crippen molar-refractivity contribution in [1.82, 2.24) is 0 Å². The summed E-state index contributed by atoms with van der Waals surface area (Å²) < 4.78 is 14.2. The molecular formula is C11H14FN. The lowest BCUT2D eigenvalue weighted by Gasteiger charge is -2.19. The molecule has 1 aliphatic rings. The molecule has 0 heterocycles. The monoisotopic (exact) mass is 179 g/mol. The molecule has 1 aromatic carbocycles. The van der Waals surface area contributed by atoms with Gasteiger partial charge in [-0.3, -0.25) is 0 Å². The zero-order valence-electron chi connectivity index (χ0n) is 7.59. The van der Waals surface area contributed by atoms with E-state index in [-0.39, 0.29) is 0 Å². The Morgan fingerprint density at radius 2 is 1.92 bits per heavy atom. The van der Waals surface area contributed by atoms with Gasteiger partial charge in [-0.05, 0) is 43.4 Å². The number of benzene rings is 1. The van der Waals surface area contributed by atoms with E-state index in [1.807, 2.05) is 12.1 Å². The normalized spacial score (nSPS) is 20.4. The third-order valence-corrected chi connectivity index (χ3v) is 2.80. The van der Waals surface area contributed by atoms with Gasteiger partial charge >= 0.3 is 0 Å². The van der Waals surface area contributed by atoms with Crippen LogP contribution in [0.25, 0.3) is 0 Å². The highest BCUT2D eigenvalue weighted by atomic mass is 19.1. The maximum absolute atomic E-state index is 14.2. The van der Waals surface area contributed by atoms with Gasteiger partial charge in [-0.2, -0.15) is 0 Å². The third-order valence-electron chi connectivity index (χ3n) is 2.80. The lowest BCUT2D eigenvalue weighted by atomic mass is 9.94. The molecule has 1 saturated carbocycles. The molecule has 0 radical (unpaired) electrons. The summed E-state index contributed by atoms with van der Waals surface area (Å²) in [6, 6.07) is 7.21. The second-order valence-corrected chi connectivity index (χ2v) is 3.80. The predicted octanol–water partition coefficient (Wildman–Crippen LogP) is 3.01. The van der Waals surface area contributed by atoms with E-state index in [2.05, 4.69) is 0 Å². The highest BCUT2D eigenvalue weighted by Crippen LogP contribution is 2.42. The standard InChI is InChI=1S/C11H14FN/c12-11(6-1-2-7-11)9-4-3-5-10(13)8-9/h3-5,8H,1-2,6-7,13H2. The average molecular weight is 179 g/mol. The van der Waals surface area contributed by atoms with E-state index in [9.17, 15) is 4.39 Å². The summed E-state index contributed by atoms with van der Waals surface area (Å²) in [4.78, 5) is 0. The minimum absolute atomic E-state index is 0.649. The van der Waals surface area contributed by atoms with Crippen LogP contribution in [0.2, 0.25) is 0 Å². The maximum Gasteiger partial charge on any atom is 0.136 e. The van der Waals surface area contributed by atoms with E-state index in [0.717, 1.165) is 18.4 Å². The van der Waals surface area contributed by atoms with Crippen LogP contribution >= 0.6 is 0 Å². The van der Waals surface area contributed by atoms with E-state index in [0.29, 0.717) is 18.5 Å². The predicted molar refractivity (Wildman–Crippen MR) is 52.1 cm³/mol. The van der Waals surface area contributed by atoms with Gasteiger partial charge in [0.15, 0.2) is 0 Å². The Bertz CT molecular complexity index is 303. The molecule has 2 rings (SSSR count). The van der Waals surface area contributed by atoms with Gasteiger partial charge in [0.25, 0.3) is 0 Å². The van der Waals surface area contributed by atoms with E-state index in [1.54, 1.807) is 12.1 Å². The number of rotatable bonds is 1. The average Bonchev–Trinajstić information content (AvgIpc) is 2.54. The Labute approximate surface area is 77.8 Å². The van der Waals surface area contributed by atoms with Crippen LogP contribution < -0.4 is 5.73 Å². The summed E-state index contributed by atoms with van der Waals surface area (Å²) in [7, 11) is 0. The van der Waals surface area contributed by atoms with Gasteiger partial charge in [-0.1, -0.05) is 12.1 Å². The van der Waals surface area contributed by atoms with Gasteiger partial charge in [0.1, 0.15) is 5.67 Å². The molecule has 0 amide bonds. The number of hydrogen-bond acceptors (Lipinski definition) is 1. The summed E-state index contributed by atoms with van der Waals surface area (Å²) in [5.41, 5.74) is 5.93. The van der Waals surface area contributed by atoms with Crippen LogP contribution in [0.3, 0.4) is 0 Å². The van der Waals surface area contributed by atoms with Crippen LogP contribution in [-0.4, -0.2) is 0 Å². The molecule has 1 aliphatic carbocycles. The molecule has 2 heteroatoms. The number of nitrogens with two attached hydrogens (primary N) is 1. The largest absolute Gasteiger partial charge is 0.399 e. The molecule has 13 heavy (non-hydrogen) atoms. The number of anilines is 1. The van der Waals surface area contributed by atoms with E-state index in [4.69, 9.17) is 5.73 Å². The van der Waals surface area contributed by atoms with Crippen molar-refractivity contribution in [3.05, 3.63) is 29.8 Å². The number of alkyl halides is 1. The van der Waals surface area contributed by atoms with Crippen molar-refractivity contribution in [2.24, 2.45) is 0 Å². The zero-order valence-corrected chi connectivity index (χ0v) is 7.59. The fraction of sp³-hybridized carbons (Fsp3) is 0.455. The van der Waals surface area contributed by atoms with Crippen LogP contribution in [-0.2, 0) is 5.67 Å². The second kappa shape index (κ2) is 3.02. The number of hydrogen-bond donors (Lipinski definition) is 1. The van der Waals surface area contributed by atoms with Crippen molar-refractivity contribution in [2.45, 2.75) is 31.4 Å². The molecule has 1 fully saturated rings. The van der Waals surface area contributed by atoms with Gasteiger partial charge in [0.05, 0.1) is 0 Å². The molecule has 0 aromatic heterocycles. The summed E-state index contributed by atoms with van der Waals surface area (Å²) in [5.74, 6) is 0. The van der Waals surface area contributed by atoms with Crippen molar-refractivity contribution in [3.63, 3.8) is 0 Å². The van der Waals surface area contributed by atoms with Crippen molar-refractivity contribution in [1.29, 1.82) is 0 Å². The van der Waals surface area contributed by atoms with Crippen LogP contribution in [0.4, 0.5) is 10.1 Å². The molecule has 1 nitrogen and oxygen atoms in total. The Morgan fingerprint density at radius 1 is 1.23 bits per heavy atom. The molecule has 70 valence electrons. The molecule has 2 N–H and O–H groups in total. The second-order valence-electron chi connectivity index (χ2n) is 3.80. The summed E-state index contributed by atoms with van der Waals surface area (Å²) in [6.07, 6.45) is 3.28. The van der Waals surface area contributed by atoms with Gasteiger partial charge in [0.2, 0.25) is 0 Å². The van der Waals surface area contributed by atoms with Crippen molar-refractivity contribution >= 4 is 5.69 Å². The molecule has 0 atom stereocenters. The molecule has 1 aromatic rings. The summed E-state index contributed by atoms with van der Waals surface area (Å²) >= 11 is 0. The van der Waals surface area contributed by atoms with Crippen LogP contribution in [0.5, 0.6) is 0 Å². The summed E-state index contributed by atoms with van der Waals surface area (Å²) in [5, 5.41) is 0. The van der Waals surface area contributed by atoms with E-state index in [1.165, 1.54) is 0 Å². The Hall–Kier alpha value is -1.05. The maximum atomic E-state index is 14.2. The lowest BCUT2D eigenvalue weighted by molar-refractivity contribution is 0.175. The minimum Gasteiger partial charge on any atom is -0.399 e. The minimum atomic E-state index is -1.10. The SMILES string of the molecule is Nc1cccc(C2(F)CCCC2)c1. The smallest absolute Gasteiger partial charge is 0.136 e.